The first-order valence-corrected chi connectivity index (χ1v) is 11.2. The molecule has 0 spiro atoms. The first-order valence-electron chi connectivity index (χ1n) is 11.2. The van der Waals surface area contributed by atoms with Crippen molar-refractivity contribution in [1.29, 1.82) is 0 Å². The van der Waals surface area contributed by atoms with Gasteiger partial charge in [-0.3, -0.25) is 9.59 Å². The van der Waals surface area contributed by atoms with Crippen LogP contribution in [-0.4, -0.2) is 51.1 Å². The van der Waals surface area contributed by atoms with E-state index in [2.05, 4.69) is 49.6 Å². The van der Waals surface area contributed by atoms with E-state index in [-0.39, 0.29) is 11.8 Å². The van der Waals surface area contributed by atoms with Gasteiger partial charge in [0.05, 0.1) is 0 Å². The SMILES string of the molecule is Cc1cccc(NC(=O)C[NH+]2CC[NH+](CC(=O)Nc3ccc(C(C)C)cc3)CC2)c1C. The van der Waals surface area contributed by atoms with E-state index in [0.717, 1.165) is 43.1 Å². The second-order valence-electron chi connectivity index (χ2n) is 8.97. The predicted molar refractivity (Wildman–Crippen MR) is 125 cm³/mol. The van der Waals surface area contributed by atoms with E-state index < -0.39 is 0 Å². The Balaban J connectivity index is 1.40. The van der Waals surface area contributed by atoms with Crippen LogP contribution in [0.5, 0.6) is 0 Å². The van der Waals surface area contributed by atoms with Gasteiger partial charge in [0.1, 0.15) is 26.2 Å². The molecule has 0 aliphatic carbocycles. The fourth-order valence-electron chi connectivity index (χ4n) is 4.00. The van der Waals surface area contributed by atoms with E-state index in [1.807, 2.05) is 31.2 Å². The van der Waals surface area contributed by atoms with Crippen LogP contribution >= 0.6 is 0 Å². The summed E-state index contributed by atoms with van der Waals surface area (Å²) in [5, 5.41) is 6.05. The molecular weight excluding hydrogens is 388 g/mol. The monoisotopic (exact) mass is 424 g/mol. The van der Waals surface area contributed by atoms with Crippen LogP contribution in [0.2, 0.25) is 0 Å². The van der Waals surface area contributed by atoms with Gasteiger partial charge in [-0.1, -0.05) is 38.1 Å². The van der Waals surface area contributed by atoms with E-state index in [4.69, 9.17) is 0 Å². The number of carbonyl (C=O) groups excluding carboxylic acids is 2. The van der Waals surface area contributed by atoms with Crippen molar-refractivity contribution in [2.24, 2.45) is 0 Å². The van der Waals surface area contributed by atoms with Crippen molar-refractivity contribution >= 4 is 23.2 Å². The Morgan fingerprint density at radius 3 is 1.94 bits per heavy atom. The Morgan fingerprint density at radius 2 is 1.39 bits per heavy atom. The Morgan fingerprint density at radius 1 is 0.839 bits per heavy atom. The molecule has 1 aliphatic rings. The first kappa shape index (κ1) is 23.0. The van der Waals surface area contributed by atoms with E-state index in [1.165, 1.54) is 20.9 Å². The average molecular weight is 425 g/mol. The minimum atomic E-state index is 0.0448. The van der Waals surface area contributed by atoms with E-state index in [9.17, 15) is 9.59 Å². The molecule has 2 aromatic rings. The topological polar surface area (TPSA) is 67.1 Å². The number of piperazine rings is 1. The van der Waals surface area contributed by atoms with Crippen LogP contribution in [0.3, 0.4) is 0 Å². The predicted octanol–water partition coefficient (Wildman–Crippen LogP) is 0.787. The zero-order valence-electron chi connectivity index (χ0n) is 19.2. The van der Waals surface area contributed by atoms with Crippen molar-refractivity contribution in [2.45, 2.75) is 33.6 Å². The van der Waals surface area contributed by atoms with Crippen molar-refractivity contribution in [3.8, 4) is 0 Å². The van der Waals surface area contributed by atoms with E-state index >= 15 is 0 Å². The highest BCUT2D eigenvalue weighted by Gasteiger charge is 2.26. The van der Waals surface area contributed by atoms with Crippen LogP contribution in [-0.2, 0) is 9.59 Å². The molecule has 1 saturated heterocycles. The van der Waals surface area contributed by atoms with Crippen molar-refractivity contribution in [1.82, 2.24) is 0 Å². The second-order valence-corrected chi connectivity index (χ2v) is 8.97. The van der Waals surface area contributed by atoms with Crippen LogP contribution < -0.4 is 20.4 Å². The van der Waals surface area contributed by atoms with Gasteiger partial charge in [-0.25, -0.2) is 0 Å². The maximum atomic E-state index is 12.5. The molecular formula is C25H36N4O2+2. The summed E-state index contributed by atoms with van der Waals surface area (Å²) < 4.78 is 0. The number of amides is 2. The fourth-order valence-corrected chi connectivity index (χ4v) is 4.00. The van der Waals surface area contributed by atoms with Crippen LogP contribution in [0.15, 0.2) is 42.5 Å². The van der Waals surface area contributed by atoms with Gasteiger partial charge in [0, 0.05) is 11.4 Å². The highest BCUT2D eigenvalue weighted by atomic mass is 16.2. The molecule has 0 bridgehead atoms. The third-order valence-corrected chi connectivity index (χ3v) is 6.23. The third kappa shape index (κ3) is 6.64. The quantitative estimate of drug-likeness (QED) is 0.531. The molecule has 4 N–H and O–H groups in total. The molecule has 0 saturated carbocycles. The molecule has 1 fully saturated rings. The van der Waals surface area contributed by atoms with Gasteiger partial charge in [0.15, 0.2) is 13.1 Å². The number of anilines is 2. The zero-order valence-corrected chi connectivity index (χ0v) is 19.2. The number of hydrogen-bond acceptors (Lipinski definition) is 2. The Kier molecular flexibility index (Phi) is 7.82. The van der Waals surface area contributed by atoms with Crippen molar-refractivity contribution < 1.29 is 19.4 Å². The largest absolute Gasteiger partial charge is 0.321 e. The third-order valence-electron chi connectivity index (χ3n) is 6.23. The van der Waals surface area contributed by atoms with Crippen LogP contribution in [0.4, 0.5) is 11.4 Å². The van der Waals surface area contributed by atoms with Crippen LogP contribution in [0.1, 0.15) is 36.5 Å². The summed E-state index contributed by atoms with van der Waals surface area (Å²) in [5.74, 6) is 0.578. The normalized spacial score (nSPS) is 18.6. The molecule has 6 nitrogen and oxygen atoms in total. The average Bonchev–Trinajstić information content (AvgIpc) is 2.73. The smallest absolute Gasteiger partial charge is 0.279 e. The minimum Gasteiger partial charge on any atom is -0.321 e. The fraction of sp³-hybridized carbons (Fsp3) is 0.440. The van der Waals surface area contributed by atoms with Crippen molar-refractivity contribution in [3.05, 3.63) is 59.2 Å². The number of aryl methyl sites for hydroxylation is 1. The summed E-state index contributed by atoms with van der Waals surface area (Å²) in [4.78, 5) is 27.4. The van der Waals surface area contributed by atoms with E-state index in [0.29, 0.717) is 19.0 Å². The first-order chi connectivity index (χ1) is 14.8. The standard InChI is InChI=1S/C25H34N4O2/c1-18(2)21-8-10-22(11-9-21)26-24(30)16-28-12-14-29(15-13-28)17-25(31)27-23-7-5-6-19(3)20(23)4/h5-11,18H,12-17H2,1-4H3,(H,26,30)(H,27,31)/p+2. The van der Waals surface area contributed by atoms with Gasteiger partial charge in [0.25, 0.3) is 11.8 Å². The lowest BCUT2D eigenvalue weighted by molar-refractivity contribution is -1.00. The van der Waals surface area contributed by atoms with Crippen LogP contribution in [0.25, 0.3) is 0 Å². The molecule has 6 heteroatoms. The lowest BCUT2D eigenvalue weighted by atomic mass is 10.0. The van der Waals surface area contributed by atoms with Crippen molar-refractivity contribution in [2.75, 3.05) is 49.9 Å². The highest BCUT2D eigenvalue weighted by molar-refractivity contribution is 5.92. The van der Waals surface area contributed by atoms with Gasteiger partial charge in [-0.15, -0.1) is 0 Å². The number of rotatable bonds is 7. The molecule has 1 aliphatic heterocycles. The van der Waals surface area contributed by atoms with Gasteiger partial charge in [-0.2, -0.15) is 0 Å². The molecule has 2 aromatic carbocycles. The summed E-state index contributed by atoms with van der Waals surface area (Å²) in [6, 6.07) is 14.0. The van der Waals surface area contributed by atoms with Crippen LogP contribution in [0, 0.1) is 13.8 Å². The molecule has 3 rings (SSSR count). The van der Waals surface area contributed by atoms with Crippen molar-refractivity contribution in [3.63, 3.8) is 0 Å². The number of hydrogen-bond donors (Lipinski definition) is 4. The Labute approximate surface area is 185 Å². The summed E-state index contributed by atoms with van der Waals surface area (Å²) in [6.45, 7) is 12.9. The lowest BCUT2D eigenvalue weighted by Gasteiger charge is -2.29. The van der Waals surface area contributed by atoms with E-state index in [1.54, 1.807) is 0 Å². The Bertz CT molecular complexity index is 900. The summed E-state index contributed by atoms with van der Waals surface area (Å²) in [6.07, 6.45) is 0. The zero-order chi connectivity index (χ0) is 22.4. The molecule has 166 valence electrons. The molecule has 0 aromatic heterocycles. The maximum Gasteiger partial charge on any atom is 0.279 e. The molecule has 2 amide bonds. The van der Waals surface area contributed by atoms with Gasteiger partial charge in [0.2, 0.25) is 0 Å². The maximum absolute atomic E-state index is 12.5. The summed E-state index contributed by atoms with van der Waals surface area (Å²) >= 11 is 0. The molecule has 1 heterocycles. The number of benzene rings is 2. The molecule has 0 atom stereocenters. The molecule has 0 radical (unpaired) electrons. The summed E-state index contributed by atoms with van der Waals surface area (Å²) in [5.41, 5.74) is 5.30. The lowest BCUT2D eigenvalue weighted by Crippen LogP contribution is -3.28. The Hall–Kier alpha value is -2.70. The van der Waals surface area contributed by atoms with Gasteiger partial charge < -0.3 is 20.4 Å². The van der Waals surface area contributed by atoms with Gasteiger partial charge in [-0.05, 0) is 54.7 Å². The molecule has 0 unspecified atom stereocenters. The molecule has 31 heavy (non-hydrogen) atoms. The highest BCUT2D eigenvalue weighted by Crippen LogP contribution is 2.18. The summed E-state index contributed by atoms with van der Waals surface area (Å²) in [7, 11) is 0. The second kappa shape index (κ2) is 10.6. The minimum absolute atomic E-state index is 0.0448. The number of nitrogens with one attached hydrogen (secondary N) is 4. The number of carbonyl (C=O) groups is 2. The number of quaternary nitrogens is 2. The van der Waals surface area contributed by atoms with Gasteiger partial charge >= 0.3 is 0 Å².